The van der Waals surface area contributed by atoms with Crippen LogP contribution in [-0.4, -0.2) is 27.8 Å². The number of nitrogens with zero attached hydrogens (tertiary/aromatic N) is 1. The van der Waals surface area contributed by atoms with Crippen molar-refractivity contribution in [3.8, 4) is 22.8 Å². The quantitative estimate of drug-likeness (QED) is 0.668. The van der Waals surface area contributed by atoms with Crippen molar-refractivity contribution in [1.29, 1.82) is 0 Å². The van der Waals surface area contributed by atoms with Crippen LogP contribution in [0.5, 0.6) is 11.5 Å². The lowest BCUT2D eigenvalue weighted by Gasteiger charge is -2.13. The summed E-state index contributed by atoms with van der Waals surface area (Å²) < 4.78 is 44.4. The molecule has 7 nitrogen and oxygen atoms in total. The molecule has 0 aliphatic rings. The molecule has 0 atom stereocenters. The van der Waals surface area contributed by atoms with Gasteiger partial charge >= 0.3 is 0 Å². The molecule has 0 amide bonds. The van der Waals surface area contributed by atoms with Crippen molar-refractivity contribution in [3.63, 3.8) is 0 Å². The molecular formula is C20H22N2O5S. The van der Waals surface area contributed by atoms with Crippen LogP contribution in [0.4, 0.5) is 5.69 Å². The van der Waals surface area contributed by atoms with Gasteiger partial charge in [0.05, 0.1) is 30.5 Å². The Morgan fingerprint density at radius 1 is 0.964 bits per heavy atom. The molecule has 3 aromatic rings. The summed E-state index contributed by atoms with van der Waals surface area (Å²) in [7, 11) is -0.824. The first-order valence-electron chi connectivity index (χ1n) is 8.55. The predicted octanol–water partition coefficient (Wildman–Crippen LogP) is 4.08. The molecule has 2 aromatic carbocycles. The maximum absolute atomic E-state index is 13.0. The van der Waals surface area contributed by atoms with Gasteiger partial charge in [-0.3, -0.25) is 4.72 Å². The normalized spacial score (nSPS) is 11.3. The maximum atomic E-state index is 13.0. The number of sulfonamides is 1. The highest BCUT2D eigenvalue weighted by atomic mass is 32.2. The van der Waals surface area contributed by atoms with Gasteiger partial charge in [-0.15, -0.1) is 0 Å². The van der Waals surface area contributed by atoms with Crippen LogP contribution in [0.25, 0.3) is 11.3 Å². The number of aromatic nitrogens is 1. The van der Waals surface area contributed by atoms with E-state index in [-0.39, 0.29) is 4.90 Å². The third-order valence-electron chi connectivity index (χ3n) is 4.53. The van der Waals surface area contributed by atoms with Crippen LogP contribution in [0.1, 0.15) is 16.8 Å². The molecule has 1 aromatic heterocycles. The number of rotatable bonds is 6. The van der Waals surface area contributed by atoms with E-state index in [0.717, 1.165) is 11.3 Å². The number of ether oxygens (including phenoxy) is 2. The summed E-state index contributed by atoms with van der Waals surface area (Å²) in [5.74, 6) is 1.50. The Morgan fingerprint density at radius 3 is 2.29 bits per heavy atom. The van der Waals surface area contributed by atoms with Crippen LogP contribution < -0.4 is 14.2 Å². The van der Waals surface area contributed by atoms with E-state index >= 15 is 0 Å². The summed E-state index contributed by atoms with van der Waals surface area (Å²) in [6.45, 7) is 5.47. The van der Waals surface area contributed by atoms with Gasteiger partial charge in [0.25, 0.3) is 10.0 Å². The Hall–Kier alpha value is -3.00. The topological polar surface area (TPSA) is 90.7 Å². The lowest BCUT2D eigenvalue weighted by molar-refractivity contribution is 0.355. The molecule has 0 fully saturated rings. The van der Waals surface area contributed by atoms with E-state index in [4.69, 9.17) is 14.0 Å². The molecule has 0 bridgehead atoms. The Kier molecular flexibility index (Phi) is 5.33. The van der Waals surface area contributed by atoms with E-state index < -0.39 is 10.0 Å². The van der Waals surface area contributed by atoms with Crippen molar-refractivity contribution < 1.29 is 22.4 Å². The molecule has 0 saturated carbocycles. The van der Waals surface area contributed by atoms with Gasteiger partial charge in [0, 0.05) is 17.2 Å². The number of hydrogen-bond donors (Lipinski definition) is 1. The highest BCUT2D eigenvalue weighted by Gasteiger charge is 2.21. The third kappa shape index (κ3) is 3.68. The molecule has 0 spiro atoms. The Balaban J connectivity index is 2.00. The van der Waals surface area contributed by atoms with Crippen molar-refractivity contribution in [2.24, 2.45) is 0 Å². The minimum absolute atomic E-state index is 0.160. The summed E-state index contributed by atoms with van der Waals surface area (Å²) in [5.41, 5.74) is 3.28. The van der Waals surface area contributed by atoms with Gasteiger partial charge in [-0.05, 0) is 44.5 Å². The Morgan fingerprint density at radius 2 is 1.68 bits per heavy atom. The average Bonchev–Trinajstić information content (AvgIpc) is 3.00. The van der Waals surface area contributed by atoms with E-state index in [1.54, 1.807) is 37.3 Å². The van der Waals surface area contributed by atoms with Crippen molar-refractivity contribution in [3.05, 3.63) is 53.2 Å². The first-order valence-corrected chi connectivity index (χ1v) is 10.0. The Bertz CT molecular complexity index is 1120. The maximum Gasteiger partial charge on any atom is 0.262 e. The Labute approximate surface area is 164 Å². The molecule has 0 aliphatic heterocycles. The second-order valence-corrected chi connectivity index (χ2v) is 8.03. The van der Waals surface area contributed by atoms with Gasteiger partial charge < -0.3 is 14.0 Å². The molecule has 0 radical (unpaired) electrons. The zero-order valence-corrected chi connectivity index (χ0v) is 17.2. The highest BCUT2D eigenvalue weighted by Crippen LogP contribution is 2.32. The summed E-state index contributed by atoms with van der Waals surface area (Å²) in [5, 5.41) is 3.94. The molecule has 3 rings (SSSR count). The van der Waals surface area contributed by atoms with Crippen LogP contribution in [0.2, 0.25) is 0 Å². The van der Waals surface area contributed by atoms with Crippen LogP contribution in [0.15, 0.2) is 45.8 Å². The number of anilines is 1. The lowest BCUT2D eigenvalue weighted by atomic mass is 10.1. The van der Waals surface area contributed by atoms with Gasteiger partial charge in [-0.1, -0.05) is 17.3 Å². The van der Waals surface area contributed by atoms with Crippen LogP contribution in [0.3, 0.4) is 0 Å². The number of methoxy groups -OCH3 is 2. The van der Waals surface area contributed by atoms with Crippen molar-refractivity contribution in [2.45, 2.75) is 25.7 Å². The van der Waals surface area contributed by atoms with Crippen molar-refractivity contribution in [2.75, 3.05) is 18.9 Å². The summed E-state index contributed by atoms with van der Waals surface area (Å²) in [6.07, 6.45) is 0. The van der Waals surface area contributed by atoms with Gasteiger partial charge in [0.15, 0.2) is 17.3 Å². The zero-order chi connectivity index (χ0) is 20.5. The first-order chi connectivity index (χ1) is 13.3. The summed E-state index contributed by atoms with van der Waals surface area (Å²) in [6, 6.07) is 9.97. The van der Waals surface area contributed by atoms with E-state index in [1.807, 2.05) is 19.9 Å². The van der Waals surface area contributed by atoms with E-state index in [1.165, 1.54) is 14.2 Å². The van der Waals surface area contributed by atoms with Crippen LogP contribution in [0, 0.1) is 20.8 Å². The minimum atomic E-state index is -3.83. The van der Waals surface area contributed by atoms with Crippen molar-refractivity contribution in [1.82, 2.24) is 5.16 Å². The van der Waals surface area contributed by atoms with E-state index in [9.17, 15) is 8.42 Å². The number of hydrogen-bond acceptors (Lipinski definition) is 6. The third-order valence-corrected chi connectivity index (χ3v) is 6.06. The monoisotopic (exact) mass is 402 g/mol. The fraction of sp³-hybridized carbons (Fsp3) is 0.250. The minimum Gasteiger partial charge on any atom is -0.493 e. The molecule has 0 unspecified atom stereocenters. The second-order valence-electron chi connectivity index (χ2n) is 6.38. The molecule has 0 aliphatic carbocycles. The molecule has 148 valence electrons. The summed E-state index contributed by atoms with van der Waals surface area (Å²) >= 11 is 0. The first kappa shape index (κ1) is 19.8. The number of nitrogens with one attached hydrogen (secondary N) is 1. The van der Waals surface area contributed by atoms with Gasteiger partial charge in [-0.25, -0.2) is 8.42 Å². The lowest BCUT2D eigenvalue weighted by Crippen LogP contribution is -2.14. The number of benzene rings is 2. The number of aryl methyl sites for hydroxylation is 2. The molecule has 8 heteroatoms. The molecule has 1 N–H and O–H groups in total. The predicted molar refractivity (Wildman–Crippen MR) is 107 cm³/mol. The standard InChI is InChI=1S/C20H22N2O5S/c1-12-6-7-15(20-13(2)14(3)21-27-20)10-19(12)28(23,24)22-16-8-9-17(25-4)18(11-16)26-5/h6-11,22H,1-5H3. The second kappa shape index (κ2) is 7.55. The zero-order valence-electron chi connectivity index (χ0n) is 16.4. The van der Waals surface area contributed by atoms with Gasteiger partial charge in [0.2, 0.25) is 0 Å². The van der Waals surface area contributed by atoms with E-state index in [2.05, 4.69) is 9.88 Å². The highest BCUT2D eigenvalue weighted by molar-refractivity contribution is 7.92. The molecule has 1 heterocycles. The van der Waals surface area contributed by atoms with Crippen LogP contribution in [-0.2, 0) is 10.0 Å². The average molecular weight is 402 g/mol. The molecular weight excluding hydrogens is 380 g/mol. The molecule has 28 heavy (non-hydrogen) atoms. The van der Waals surface area contributed by atoms with Gasteiger partial charge in [0.1, 0.15) is 0 Å². The largest absolute Gasteiger partial charge is 0.493 e. The molecule has 0 saturated heterocycles. The van der Waals surface area contributed by atoms with Crippen molar-refractivity contribution >= 4 is 15.7 Å². The smallest absolute Gasteiger partial charge is 0.262 e. The fourth-order valence-electron chi connectivity index (χ4n) is 2.83. The van der Waals surface area contributed by atoms with Crippen LogP contribution >= 0.6 is 0 Å². The summed E-state index contributed by atoms with van der Waals surface area (Å²) in [4.78, 5) is 0.160. The SMILES string of the molecule is COc1ccc(NS(=O)(=O)c2cc(-c3onc(C)c3C)ccc2C)cc1OC. The van der Waals surface area contributed by atoms with E-state index in [0.29, 0.717) is 34.1 Å². The fourth-order valence-corrected chi connectivity index (χ4v) is 4.15. The van der Waals surface area contributed by atoms with Gasteiger partial charge in [-0.2, -0.15) is 0 Å².